The van der Waals surface area contributed by atoms with Crippen LogP contribution in [0.1, 0.15) is 60.3 Å². The number of likely N-dealkylation sites (N-methyl/N-ethyl adjacent to an activating group) is 1. The number of hydrogen-bond acceptors (Lipinski definition) is 8. The topological polar surface area (TPSA) is 148 Å². The van der Waals surface area contributed by atoms with Gasteiger partial charge in [-0.2, -0.15) is 4.31 Å². The molecule has 2 N–H and O–H groups in total. The van der Waals surface area contributed by atoms with Crippen LogP contribution in [0.5, 0.6) is 0 Å². The molecule has 11 heteroatoms. The van der Waals surface area contributed by atoms with Crippen molar-refractivity contribution in [2.24, 2.45) is 16.7 Å². The number of sulfonamides is 1. The second kappa shape index (κ2) is 13.1. The molecule has 32 heavy (non-hydrogen) atoms. The molecule has 0 radical (unpaired) electrons. The summed E-state index contributed by atoms with van der Waals surface area (Å²) in [7, 11) is -3.41. The van der Waals surface area contributed by atoms with Crippen molar-refractivity contribution in [1.29, 1.82) is 0 Å². The van der Waals surface area contributed by atoms with Crippen molar-refractivity contribution in [3.05, 3.63) is 0 Å². The largest absolute Gasteiger partial charge is 0.481 e. The second-order valence-electron chi connectivity index (χ2n) is 8.85. The smallest absolute Gasteiger partial charge is 0.311 e. The number of rotatable bonds is 16. The SMILES string of the molecule is CCC(CCC(C)(CC(C)(C)C(=O)OCCN(CC)S(C)(=O)=O)C(=O)OCCO)C(=O)O. The van der Waals surface area contributed by atoms with Crippen molar-refractivity contribution >= 4 is 27.9 Å². The summed E-state index contributed by atoms with van der Waals surface area (Å²) in [4.78, 5) is 36.8. The Bertz CT molecular complexity index is 736. The molecule has 0 aromatic heterocycles. The summed E-state index contributed by atoms with van der Waals surface area (Å²) in [5.41, 5.74) is -2.30. The fourth-order valence-electron chi connectivity index (χ4n) is 3.61. The van der Waals surface area contributed by atoms with Crippen molar-refractivity contribution in [2.45, 2.75) is 60.3 Å². The second-order valence-corrected chi connectivity index (χ2v) is 10.8. The van der Waals surface area contributed by atoms with E-state index >= 15 is 0 Å². The molecular weight excluding hydrogens is 442 g/mol. The van der Waals surface area contributed by atoms with E-state index in [-0.39, 0.29) is 52.2 Å². The monoisotopic (exact) mass is 481 g/mol. The molecule has 0 rings (SSSR count). The Morgan fingerprint density at radius 2 is 1.59 bits per heavy atom. The van der Waals surface area contributed by atoms with Crippen molar-refractivity contribution < 1.29 is 42.5 Å². The van der Waals surface area contributed by atoms with Crippen LogP contribution < -0.4 is 0 Å². The lowest BCUT2D eigenvalue weighted by atomic mass is 9.70. The highest BCUT2D eigenvalue weighted by Gasteiger charge is 2.44. The number of aliphatic hydroxyl groups excluding tert-OH is 1. The number of carboxylic acids is 1. The number of ether oxygens (including phenoxy) is 2. The van der Waals surface area contributed by atoms with Gasteiger partial charge in [-0.05, 0) is 46.5 Å². The number of nitrogens with zero attached hydrogens (tertiary/aromatic N) is 1. The first kappa shape index (κ1) is 30.3. The summed E-state index contributed by atoms with van der Waals surface area (Å²) in [6.07, 6.45) is 1.91. The number of hydrogen-bond donors (Lipinski definition) is 2. The normalized spacial score (nSPS) is 15.1. The summed E-state index contributed by atoms with van der Waals surface area (Å²) in [6, 6.07) is 0. The standard InChI is InChI=1S/C21H39NO9S/c1-7-16(17(24)25)9-10-21(5,19(27)31-14-12-23)15-20(3,4)18(26)30-13-11-22(8-2)32(6,28)29/h16,23H,7-15H2,1-6H3,(H,24,25). The summed E-state index contributed by atoms with van der Waals surface area (Å²) < 4.78 is 34.9. The minimum atomic E-state index is -3.41. The van der Waals surface area contributed by atoms with Crippen molar-refractivity contribution in [1.82, 2.24) is 4.31 Å². The molecule has 0 aliphatic carbocycles. The Hall–Kier alpha value is -1.72. The van der Waals surface area contributed by atoms with Gasteiger partial charge >= 0.3 is 17.9 Å². The predicted molar refractivity (Wildman–Crippen MR) is 118 cm³/mol. The molecule has 2 atom stereocenters. The minimum absolute atomic E-state index is 0.0176. The molecule has 2 unspecified atom stereocenters. The van der Waals surface area contributed by atoms with Crippen LogP contribution in [-0.2, 0) is 33.9 Å². The van der Waals surface area contributed by atoms with Crippen LogP contribution in [0.25, 0.3) is 0 Å². The van der Waals surface area contributed by atoms with E-state index in [0.29, 0.717) is 6.42 Å². The molecular formula is C21H39NO9S. The Morgan fingerprint density at radius 3 is 2.03 bits per heavy atom. The van der Waals surface area contributed by atoms with E-state index < -0.39 is 44.7 Å². The van der Waals surface area contributed by atoms with Gasteiger partial charge in [-0.1, -0.05) is 13.8 Å². The van der Waals surface area contributed by atoms with Gasteiger partial charge < -0.3 is 19.7 Å². The van der Waals surface area contributed by atoms with E-state index in [9.17, 15) is 27.9 Å². The highest BCUT2D eigenvalue weighted by molar-refractivity contribution is 7.88. The molecule has 0 fully saturated rings. The van der Waals surface area contributed by atoms with Crippen LogP contribution in [-0.4, -0.2) is 80.0 Å². The first-order valence-corrected chi connectivity index (χ1v) is 12.6. The minimum Gasteiger partial charge on any atom is -0.481 e. The zero-order valence-electron chi connectivity index (χ0n) is 20.0. The van der Waals surface area contributed by atoms with Crippen LogP contribution in [0.2, 0.25) is 0 Å². The molecule has 0 saturated carbocycles. The first-order valence-electron chi connectivity index (χ1n) is 10.8. The Labute approximate surface area is 191 Å². The molecule has 0 aromatic rings. The maximum absolute atomic E-state index is 12.7. The number of carboxylic acid groups (broad SMARTS) is 1. The number of aliphatic carboxylic acids is 1. The maximum atomic E-state index is 12.7. The third kappa shape index (κ3) is 9.83. The average Bonchev–Trinajstić information content (AvgIpc) is 2.67. The van der Waals surface area contributed by atoms with Crippen LogP contribution in [0.15, 0.2) is 0 Å². The van der Waals surface area contributed by atoms with E-state index in [1.54, 1.807) is 34.6 Å². The van der Waals surface area contributed by atoms with E-state index in [2.05, 4.69) is 0 Å². The van der Waals surface area contributed by atoms with E-state index in [0.717, 1.165) is 6.26 Å². The van der Waals surface area contributed by atoms with Crippen LogP contribution in [0, 0.1) is 16.7 Å². The highest BCUT2D eigenvalue weighted by Crippen LogP contribution is 2.40. The Morgan fingerprint density at radius 1 is 1.03 bits per heavy atom. The third-order valence-corrected chi connectivity index (χ3v) is 6.86. The number of esters is 2. The van der Waals surface area contributed by atoms with Crippen LogP contribution >= 0.6 is 0 Å². The molecule has 0 heterocycles. The number of carbonyl (C=O) groups excluding carboxylic acids is 2. The predicted octanol–water partition coefficient (Wildman–Crippen LogP) is 1.66. The Kier molecular flexibility index (Phi) is 12.4. The highest BCUT2D eigenvalue weighted by atomic mass is 32.2. The van der Waals surface area contributed by atoms with Gasteiger partial charge in [-0.3, -0.25) is 14.4 Å². The molecule has 0 aromatic carbocycles. The summed E-state index contributed by atoms with van der Waals surface area (Å²) in [5, 5.41) is 18.3. The lowest BCUT2D eigenvalue weighted by Crippen LogP contribution is -2.40. The number of carbonyl (C=O) groups is 3. The molecule has 188 valence electrons. The Balaban J connectivity index is 5.36. The molecule has 0 aliphatic rings. The lowest BCUT2D eigenvalue weighted by molar-refractivity contribution is -0.164. The summed E-state index contributed by atoms with van der Waals surface area (Å²) in [5.74, 6) is -2.81. The first-order chi connectivity index (χ1) is 14.6. The van der Waals surface area contributed by atoms with Gasteiger partial charge in [-0.15, -0.1) is 0 Å². The summed E-state index contributed by atoms with van der Waals surface area (Å²) in [6.45, 7) is 7.83. The zero-order valence-corrected chi connectivity index (χ0v) is 20.9. The van der Waals surface area contributed by atoms with Gasteiger partial charge in [0.15, 0.2) is 0 Å². The van der Waals surface area contributed by atoms with Gasteiger partial charge in [0.05, 0.1) is 29.6 Å². The quantitative estimate of drug-likeness (QED) is 0.314. The molecule has 0 amide bonds. The third-order valence-electron chi connectivity index (χ3n) is 5.48. The molecule has 0 aliphatic heterocycles. The van der Waals surface area contributed by atoms with Gasteiger partial charge in [0.25, 0.3) is 0 Å². The van der Waals surface area contributed by atoms with E-state index in [4.69, 9.17) is 14.6 Å². The van der Waals surface area contributed by atoms with Gasteiger partial charge in [-0.25, -0.2) is 8.42 Å². The van der Waals surface area contributed by atoms with Crippen LogP contribution in [0.3, 0.4) is 0 Å². The van der Waals surface area contributed by atoms with Crippen molar-refractivity contribution in [3.8, 4) is 0 Å². The zero-order chi connectivity index (χ0) is 25.2. The fourth-order valence-corrected chi connectivity index (χ4v) is 4.49. The van der Waals surface area contributed by atoms with Crippen LogP contribution in [0.4, 0.5) is 0 Å². The van der Waals surface area contributed by atoms with Gasteiger partial charge in [0, 0.05) is 13.1 Å². The lowest BCUT2D eigenvalue weighted by Gasteiger charge is -2.35. The van der Waals surface area contributed by atoms with Crippen molar-refractivity contribution in [3.63, 3.8) is 0 Å². The molecule has 10 nitrogen and oxygen atoms in total. The van der Waals surface area contributed by atoms with Gasteiger partial charge in [0.2, 0.25) is 10.0 Å². The maximum Gasteiger partial charge on any atom is 0.311 e. The molecule has 0 saturated heterocycles. The molecule has 0 bridgehead atoms. The van der Waals surface area contributed by atoms with E-state index in [1.807, 2.05) is 0 Å². The average molecular weight is 482 g/mol. The van der Waals surface area contributed by atoms with Crippen molar-refractivity contribution in [2.75, 3.05) is 39.2 Å². The fraction of sp³-hybridized carbons (Fsp3) is 0.857. The molecule has 0 spiro atoms. The van der Waals surface area contributed by atoms with Gasteiger partial charge in [0.1, 0.15) is 13.2 Å². The van der Waals surface area contributed by atoms with E-state index in [1.165, 1.54) is 4.31 Å². The summed E-state index contributed by atoms with van der Waals surface area (Å²) >= 11 is 0. The number of aliphatic hydroxyl groups is 1.